The molecule has 0 saturated carbocycles. The second-order valence-electron chi connectivity index (χ2n) is 8.13. The molecule has 0 bridgehead atoms. The van der Waals surface area contributed by atoms with Crippen LogP contribution in [0, 0.1) is 11.7 Å². The predicted octanol–water partition coefficient (Wildman–Crippen LogP) is 1.81. The maximum Gasteiger partial charge on any atom is 0.238 e. The molecule has 2 aliphatic heterocycles. The maximum absolute atomic E-state index is 13.2. The number of likely N-dealkylation sites (tertiary alicyclic amines) is 1. The van der Waals surface area contributed by atoms with E-state index in [1.807, 2.05) is 30.3 Å². The Kier molecular flexibility index (Phi) is 6.91. The Morgan fingerprint density at radius 3 is 2.45 bits per heavy atom. The van der Waals surface area contributed by atoms with Gasteiger partial charge < -0.3 is 10.6 Å². The predicted molar refractivity (Wildman–Crippen MR) is 116 cm³/mol. The summed E-state index contributed by atoms with van der Waals surface area (Å²) in [6.07, 6.45) is 1.61. The molecule has 2 fully saturated rings. The first-order valence-corrected chi connectivity index (χ1v) is 10.7. The third-order valence-electron chi connectivity index (χ3n) is 5.91. The largest absolute Gasteiger partial charge is 0.353 e. The van der Waals surface area contributed by atoms with E-state index in [0.717, 1.165) is 37.2 Å². The van der Waals surface area contributed by atoms with Gasteiger partial charge >= 0.3 is 0 Å². The normalized spacial score (nSPS) is 22.2. The van der Waals surface area contributed by atoms with Crippen LogP contribution >= 0.6 is 0 Å². The van der Waals surface area contributed by atoms with Crippen LogP contribution in [0.25, 0.3) is 0 Å². The number of carbonyl (C=O) groups is 2. The van der Waals surface area contributed by atoms with E-state index >= 15 is 0 Å². The summed E-state index contributed by atoms with van der Waals surface area (Å²) in [5, 5.41) is 6.07. The number of carbonyl (C=O) groups excluding carboxylic acids is 2. The second kappa shape index (κ2) is 10.00. The van der Waals surface area contributed by atoms with Gasteiger partial charge in [0.1, 0.15) is 5.82 Å². The van der Waals surface area contributed by atoms with E-state index in [1.54, 1.807) is 12.1 Å². The molecule has 8 heteroatoms. The smallest absolute Gasteiger partial charge is 0.238 e. The summed E-state index contributed by atoms with van der Waals surface area (Å²) in [6, 6.07) is 15.6. The summed E-state index contributed by atoms with van der Waals surface area (Å²) >= 11 is 0. The first-order chi connectivity index (χ1) is 15.1. The van der Waals surface area contributed by atoms with Gasteiger partial charge in [-0.1, -0.05) is 30.3 Å². The average molecular weight is 426 g/mol. The Balaban J connectivity index is 1.23. The van der Waals surface area contributed by atoms with E-state index < -0.39 is 0 Å². The van der Waals surface area contributed by atoms with Gasteiger partial charge in [0.25, 0.3) is 0 Å². The number of hydrazine groups is 1. The Hall–Kier alpha value is -2.81. The van der Waals surface area contributed by atoms with Crippen molar-refractivity contribution >= 4 is 17.5 Å². The van der Waals surface area contributed by atoms with Crippen molar-refractivity contribution in [2.75, 3.05) is 31.5 Å². The molecular weight excluding hydrogens is 397 g/mol. The van der Waals surface area contributed by atoms with E-state index in [9.17, 15) is 14.0 Å². The van der Waals surface area contributed by atoms with Gasteiger partial charge in [-0.05, 0) is 42.7 Å². The minimum Gasteiger partial charge on any atom is -0.353 e. The summed E-state index contributed by atoms with van der Waals surface area (Å²) in [5.74, 6) is -0.592. The number of hydrogen-bond acceptors (Lipinski definition) is 5. The Labute approximate surface area is 181 Å². The molecule has 0 aromatic heterocycles. The molecule has 2 unspecified atom stereocenters. The van der Waals surface area contributed by atoms with Crippen molar-refractivity contribution in [2.45, 2.75) is 24.9 Å². The highest BCUT2D eigenvalue weighted by Gasteiger charge is 2.35. The molecule has 4 N–H and O–H groups in total. The van der Waals surface area contributed by atoms with Crippen molar-refractivity contribution in [1.29, 1.82) is 0 Å². The zero-order valence-corrected chi connectivity index (χ0v) is 17.3. The van der Waals surface area contributed by atoms with Gasteiger partial charge in [-0.15, -0.1) is 0 Å². The van der Waals surface area contributed by atoms with Crippen molar-refractivity contribution in [1.82, 2.24) is 21.1 Å². The van der Waals surface area contributed by atoms with E-state index in [4.69, 9.17) is 0 Å². The van der Waals surface area contributed by atoms with Gasteiger partial charge in [-0.25, -0.2) is 9.82 Å². The Morgan fingerprint density at radius 2 is 1.74 bits per heavy atom. The van der Waals surface area contributed by atoms with Crippen LogP contribution < -0.4 is 21.5 Å². The summed E-state index contributed by atoms with van der Waals surface area (Å²) in [5.41, 5.74) is 7.84. The highest BCUT2D eigenvalue weighted by molar-refractivity contribution is 5.92. The van der Waals surface area contributed by atoms with Crippen LogP contribution in [-0.4, -0.2) is 48.9 Å². The number of hydrogen-bond donors (Lipinski definition) is 4. The molecule has 2 saturated heterocycles. The van der Waals surface area contributed by atoms with Gasteiger partial charge in [0.15, 0.2) is 0 Å². The van der Waals surface area contributed by atoms with Crippen molar-refractivity contribution < 1.29 is 14.0 Å². The molecule has 31 heavy (non-hydrogen) atoms. The number of para-hydroxylation sites is 1. The Morgan fingerprint density at radius 1 is 1.03 bits per heavy atom. The molecule has 2 atom stereocenters. The average Bonchev–Trinajstić information content (AvgIpc) is 3.26. The fourth-order valence-corrected chi connectivity index (χ4v) is 4.20. The van der Waals surface area contributed by atoms with Gasteiger partial charge in [0, 0.05) is 31.4 Å². The molecule has 2 aromatic rings. The lowest BCUT2D eigenvalue weighted by atomic mass is 9.93. The molecule has 0 radical (unpaired) electrons. The minimum atomic E-state index is -0.292. The number of amides is 2. The lowest BCUT2D eigenvalue weighted by Gasteiger charge is -2.32. The summed E-state index contributed by atoms with van der Waals surface area (Å²) in [6.45, 7) is 2.39. The number of anilines is 1. The fraction of sp³-hybridized carbons (Fsp3) is 0.391. The quantitative estimate of drug-likeness (QED) is 0.567. The van der Waals surface area contributed by atoms with Crippen LogP contribution in [0.15, 0.2) is 54.6 Å². The topological polar surface area (TPSA) is 85.5 Å². The first-order valence-electron chi connectivity index (χ1n) is 10.7. The molecule has 4 rings (SSSR count). The number of nitrogens with zero attached hydrogens (tertiary/aromatic N) is 1. The van der Waals surface area contributed by atoms with Gasteiger partial charge in [0.2, 0.25) is 11.8 Å². The third-order valence-corrected chi connectivity index (χ3v) is 5.91. The molecular formula is C23H28FN5O2. The zero-order valence-electron chi connectivity index (χ0n) is 17.3. The monoisotopic (exact) mass is 425 g/mol. The molecule has 164 valence electrons. The van der Waals surface area contributed by atoms with Crippen LogP contribution in [0.4, 0.5) is 10.1 Å². The molecule has 2 aliphatic rings. The lowest BCUT2D eigenvalue weighted by molar-refractivity contribution is -0.126. The second-order valence-corrected chi connectivity index (χ2v) is 8.13. The van der Waals surface area contributed by atoms with Crippen LogP contribution in [0.2, 0.25) is 0 Å². The number of rotatable bonds is 6. The maximum atomic E-state index is 13.2. The summed E-state index contributed by atoms with van der Waals surface area (Å²) < 4.78 is 13.2. The van der Waals surface area contributed by atoms with Gasteiger partial charge in [0.05, 0.1) is 18.5 Å². The standard InChI is InChI=1S/C23H28FN5O2/c24-17-8-6-16(7-9-17)22-20(14-25-28-22)23(31)27-19-10-12-29(13-11-19)15-21(30)26-18-4-2-1-3-5-18/h1-9,19-20,22,25,28H,10-15H2,(H,26,30)(H,27,31). The SMILES string of the molecule is O=C(CN1CCC(NC(=O)C2CNNC2c2ccc(F)cc2)CC1)Nc1ccccc1. The van der Waals surface area contributed by atoms with Crippen molar-refractivity contribution in [3.63, 3.8) is 0 Å². The number of halogens is 1. The van der Waals surface area contributed by atoms with Crippen LogP contribution in [-0.2, 0) is 9.59 Å². The van der Waals surface area contributed by atoms with E-state index in [0.29, 0.717) is 13.1 Å². The highest BCUT2D eigenvalue weighted by atomic mass is 19.1. The summed E-state index contributed by atoms with van der Waals surface area (Å²) in [7, 11) is 0. The molecule has 7 nitrogen and oxygen atoms in total. The van der Waals surface area contributed by atoms with Crippen LogP contribution in [0.1, 0.15) is 24.4 Å². The Bertz CT molecular complexity index is 885. The van der Waals surface area contributed by atoms with Crippen LogP contribution in [0.3, 0.4) is 0 Å². The number of nitrogens with one attached hydrogen (secondary N) is 4. The van der Waals surface area contributed by atoms with E-state index in [2.05, 4.69) is 26.4 Å². The van der Waals surface area contributed by atoms with E-state index in [-0.39, 0.29) is 35.6 Å². The van der Waals surface area contributed by atoms with Crippen LogP contribution in [0.5, 0.6) is 0 Å². The number of piperidine rings is 1. The number of benzene rings is 2. The molecule has 2 aromatic carbocycles. The zero-order chi connectivity index (χ0) is 21.6. The summed E-state index contributed by atoms with van der Waals surface area (Å²) in [4.78, 5) is 27.2. The van der Waals surface area contributed by atoms with E-state index in [1.165, 1.54) is 12.1 Å². The van der Waals surface area contributed by atoms with Gasteiger partial charge in [-0.2, -0.15) is 0 Å². The third kappa shape index (κ3) is 5.66. The molecule has 0 spiro atoms. The highest BCUT2D eigenvalue weighted by Crippen LogP contribution is 2.25. The molecule has 0 aliphatic carbocycles. The van der Waals surface area contributed by atoms with Gasteiger partial charge in [-0.3, -0.25) is 19.9 Å². The lowest BCUT2D eigenvalue weighted by Crippen LogP contribution is -2.48. The van der Waals surface area contributed by atoms with Crippen molar-refractivity contribution in [3.05, 3.63) is 66.0 Å². The first kappa shape index (κ1) is 21.4. The fourth-order valence-electron chi connectivity index (χ4n) is 4.20. The minimum absolute atomic E-state index is 0.00732. The van der Waals surface area contributed by atoms with Crippen molar-refractivity contribution in [2.24, 2.45) is 5.92 Å². The van der Waals surface area contributed by atoms with Crippen molar-refractivity contribution in [3.8, 4) is 0 Å². The molecule has 2 amide bonds. The molecule has 2 heterocycles.